The average molecular weight is 268 g/mol. The van der Waals surface area contributed by atoms with Crippen molar-refractivity contribution in [2.24, 2.45) is 0 Å². The summed E-state index contributed by atoms with van der Waals surface area (Å²) in [5.41, 5.74) is 8.91. The summed E-state index contributed by atoms with van der Waals surface area (Å²) in [6.07, 6.45) is 0. The minimum atomic E-state index is 0.413. The van der Waals surface area contributed by atoms with Gasteiger partial charge in [-0.25, -0.2) is 4.98 Å². The maximum Gasteiger partial charge on any atom is 0.227 e. The van der Waals surface area contributed by atoms with Crippen molar-refractivity contribution >= 4 is 5.82 Å². The Hall–Kier alpha value is -2.61. The number of rotatable bonds is 2. The number of benzene rings is 1. The molecule has 2 aromatic rings. The second-order valence-corrected chi connectivity index (χ2v) is 4.74. The predicted molar refractivity (Wildman–Crippen MR) is 76.6 cm³/mol. The van der Waals surface area contributed by atoms with Gasteiger partial charge in [-0.15, -0.1) is 0 Å². The molecule has 1 heterocycles. The van der Waals surface area contributed by atoms with Gasteiger partial charge in [0.05, 0.1) is 17.2 Å². The van der Waals surface area contributed by atoms with E-state index in [4.69, 9.17) is 15.7 Å². The summed E-state index contributed by atoms with van der Waals surface area (Å²) in [5, 5.41) is 8.96. The van der Waals surface area contributed by atoms with Crippen LogP contribution in [0.5, 0.6) is 11.6 Å². The first-order valence-electron chi connectivity index (χ1n) is 6.22. The van der Waals surface area contributed by atoms with E-state index in [1.54, 1.807) is 19.1 Å². The first-order valence-corrected chi connectivity index (χ1v) is 6.22. The van der Waals surface area contributed by atoms with Crippen LogP contribution in [0.4, 0.5) is 5.82 Å². The molecule has 1 aromatic carbocycles. The molecule has 0 atom stereocenters. The second-order valence-electron chi connectivity index (χ2n) is 4.74. The minimum Gasteiger partial charge on any atom is -0.438 e. The Bertz CT molecular complexity index is 694. The molecule has 20 heavy (non-hydrogen) atoms. The fourth-order valence-corrected chi connectivity index (χ4v) is 2.00. The number of anilines is 1. The van der Waals surface area contributed by atoms with Crippen LogP contribution in [-0.2, 0) is 0 Å². The molecule has 0 aliphatic carbocycles. The number of nitrogen functional groups attached to an aromatic ring is 1. The maximum absolute atomic E-state index is 8.96. The molecule has 0 saturated heterocycles. The van der Waals surface area contributed by atoms with Gasteiger partial charge in [0.25, 0.3) is 0 Å². The summed E-state index contributed by atoms with van der Waals surface area (Å²) in [5.74, 6) is 2.12. The van der Waals surface area contributed by atoms with Gasteiger partial charge in [0.2, 0.25) is 5.88 Å². The highest BCUT2D eigenvalue weighted by Crippen LogP contribution is 2.31. The number of hydrogen-bond acceptors (Lipinski definition) is 5. The Morgan fingerprint density at radius 1 is 1.10 bits per heavy atom. The van der Waals surface area contributed by atoms with Crippen molar-refractivity contribution in [3.63, 3.8) is 0 Å². The fraction of sp³-hybridized carbons (Fsp3) is 0.267. The van der Waals surface area contributed by atoms with Crippen LogP contribution in [-0.4, -0.2) is 9.97 Å². The van der Waals surface area contributed by atoms with Gasteiger partial charge in [-0.2, -0.15) is 10.2 Å². The van der Waals surface area contributed by atoms with Crippen LogP contribution in [0.3, 0.4) is 0 Å². The van der Waals surface area contributed by atoms with E-state index in [2.05, 4.69) is 16.0 Å². The number of ether oxygens (including phenoxy) is 1. The molecule has 0 amide bonds. The monoisotopic (exact) mass is 268 g/mol. The van der Waals surface area contributed by atoms with Gasteiger partial charge in [0.1, 0.15) is 17.4 Å². The summed E-state index contributed by atoms with van der Waals surface area (Å²) in [6.45, 7) is 7.38. The standard InChI is InChI=1S/C15H16N4O/c1-8-5-12(7-16)6-9(2)13(8)20-15-10(3)14(17)18-11(4)19-15/h5-6H,1-4H3,(H2,17,18,19). The Kier molecular flexibility index (Phi) is 3.57. The SMILES string of the molecule is Cc1nc(N)c(C)c(Oc2c(C)cc(C#N)cc2C)n1. The quantitative estimate of drug-likeness (QED) is 0.905. The Morgan fingerprint density at radius 3 is 2.25 bits per heavy atom. The molecule has 1 aromatic heterocycles. The highest BCUT2D eigenvalue weighted by molar-refractivity contribution is 5.51. The third kappa shape index (κ3) is 2.54. The lowest BCUT2D eigenvalue weighted by atomic mass is 10.1. The van der Waals surface area contributed by atoms with E-state index in [0.29, 0.717) is 34.4 Å². The van der Waals surface area contributed by atoms with Crippen molar-refractivity contribution in [3.8, 4) is 17.7 Å². The van der Waals surface area contributed by atoms with E-state index in [1.165, 1.54) is 0 Å². The largest absolute Gasteiger partial charge is 0.438 e. The zero-order valence-corrected chi connectivity index (χ0v) is 12.0. The van der Waals surface area contributed by atoms with Crippen LogP contribution in [0, 0.1) is 39.0 Å². The molecule has 2 N–H and O–H groups in total. The van der Waals surface area contributed by atoms with Gasteiger partial charge in [0.15, 0.2) is 0 Å². The van der Waals surface area contributed by atoms with Gasteiger partial charge in [-0.3, -0.25) is 0 Å². The van der Waals surface area contributed by atoms with Crippen LogP contribution in [0.2, 0.25) is 0 Å². The molecule has 2 rings (SSSR count). The van der Waals surface area contributed by atoms with E-state index in [9.17, 15) is 0 Å². The van der Waals surface area contributed by atoms with Gasteiger partial charge < -0.3 is 10.5 Å². The summed E-state index contributed by atoms with van der Waals surface area (Å²) in [4.78, 5) is 8.37. The molecule has 0 bridgehead atoms. The van der Waals surface area contributed by atoms with E-state index in [-0.39, 0.29) is 0 Å². The topological polar surface area (TPSA) is 84.8 Å². The molecule has 0 fully saturated rings. The maximum atomic E-state index is 8.96. The van der Waals surface area contributed by atoms with Crippen molar-refractivity contribution in [1.29, 1.82) is 5.26 Å². The van der Waals surface area contributed by atoms with Gasteiger partial charge in [0, 0.05) is 0 Å². The molecule has 5 heteroatoms. The molecular formula is C15H16N4O. The number of aromatic nitrogens is 2. The van der Waals surface area contributed by atoms with Crippen molar-refractivity contribution in [1.82, 2.24) is 9.97 Å². The zero-order valence-electron chi connectivity index (χ0n) is 12.0. The third-order valence-corrected chi connectivity index (χ3v) is 3.04. The smallest absolute Gasteiger partial charge is 0.227 e. The molecule has 102 valence electrons. The lowest BCUT2D eigenvalue weighted by Crippen LogP contribution is -2.03. The second kappa shape index (κ2) is 5.17. The number of aryl methyl sites for hydroxylation is 3. The van der Waals surface area contributed by atoms with Crippen LogP contribution in [0.25, 0.3) is 0 Å². The Balaban J connectivity index is 2.49. The molecule has 0 spiro atoms. The van der Waals surface area contributed by atoms with Crippen LogP contribution in [0.15, 0.2) is 12.1 Å². The Morgan fingerprint density at radius 2 is 1.70 bits per heavy atom. The average Bonchev–Trinajstić information content (AvgIpc) is 2.38. The van der Waals surface area contributed by atoms with Crippen molar-refractivity contribution in [2.75, 3.05) is 5.73 Å². The molecule has 0 saturated carbocycles. The van der Waals surface area contributed by atoms with Crippen molar-refractivity contribution < 1.29 is 4.74 Å². The zero-order chi connectivity index (χ0) is 14.9. The fourth-order valence-electron chi connectivity index (χ4n) is 2.00. The minimum absolute atomic E-state index is 0.413. The third-order valence-electron chi connectivity index (χ3n) is 3.04. The van der Waals surface area contributed by atoms with Crippen LogP contribution in [0.1, 0.15) is 28.1 Å². The van der Waals surface area contributed by atoms with Crippen LogP contribution >= 0.6 is 0 Å². The highest BCUT2D eigenvalue weighted by atomic mass is 16.5. The summed E-state index contributed by atoms with van der Waals surface area (Å²) in [6, 6.07) is 5.70. The highest BCUT2D eigenvalue weighted by Gasteiger charge is 2.13. The van der Waals surface area contributed by atoms with Crippen LogP contribution < -0.4 is 10.5 Å². The molecule has 5 nitrogen and oxygen atoms in total. The summed E-state index contributed by atoms with van der Waals surface area (Å²) < 4.78 is 5.89. The molecule has 0 radical (unpaired) electrons. The molecule has 0 aliphatic rings. The first kappa shape index (κ1) is 13.8. The number of nitrogens with zero attached hydrogens (tertiary/aromatic N) is 3. The van der Waals surface area contributed by atoms with E-state index in [1.807, 2.05) is 20.8 Å². The predicted octanol–water partition coefficient (Wildman–Crippen LogP) is 2.96. The van der Waals surface area contributed by atoms with E-state index < -0.39 is 0 Å². The molecule has 0 aliphatic heterocycles. The molecular weight excluding hydrogens is 252 g/mol. The number of nitrogens with two attached hydrogens (primary N) is 1. The first-order chi connectivity index (χ1) is 9.42. The lowest BCUT2D eigenvalue weighted by molar-refractivity contribution is 0.449. The van der Waals surface area contributed by atoms with Crippen molar-refractivity contribution in [3.05, 3.63) is 40.2 Å². The number of hydrogen-bond donors (Lipinski definition) is 1. The Labute approximate surface area is 118 Å². The van der Waals surface area contributed by atoms with Crippen molar-refractivity contribution in [2.45, 2.75) is 27.7 Å². The van der Waals surface area contributed by atoms with E-state index >= 15 is 0 Å². The normalized spacial score (nSPS) is 10.2. The molecule has 0 unspecified atom stereocenters. The van der Waals surface area contributed by atoms with E-state index in [0.717, 1.165) is 11.1 Å². The summed E-state index contributed by atoms with van der Waals surface area (Å²) >= 11 is 0. The number of nitriles is 1. The van der Waals surface area contributed by atoms with Gasteiger partial charge >= 0.3 is 0 Å². The summed E-state index contributed by atoms with van der Waals surface area (Å²) in [7, 11) is 0. The van der Waals surface area contributed by atoms with Gasteiger partial charge in [-0.05, 0) is 51.0 Å². The van der Waals surface area contributed by atoms with Gasteiger partial charge in [-0.1, -0.05) is 0 Å². The lowest BCUT2D eigenvalue weighted by Gasteiger charge is -2.14.